The molecule has 2 fully saturated rings. The fourth-order valence-electron chi connectivity index (χ4n) is 4.93. The Morgan fingerprint density at radius 1 is 1.03 bits per heavy atom. The average molecular weight is 491 g/mol. The molecule has 0 bridgehead atoms. The zero-order valence-electron chi connectivity index (χ0n) is 19.6. The van der Waals surface area contributed by atoms with Crippen LogP contribution in [0.5, 0.6) is 0 Å². The number of rotatable bonds is 7. The van der Waals surface area contributed by atoms with Crippen molar-refractivity contribution in [2.24, 2.45) is 0 Å². The molecule has 2 aliphatic heterocycles. The molecular formula is C24H31FN4O4S. The van der Waals surface area contributed by atoms with E-state index in [1.807, 2.05) is 29.4 Å². The molecule has 10 heteroatoms. The van der Waals surface area contributed by atoms with Crippen molar-refractivity contribution in [3.63, 3.8) is 0 Å². The van der Waals surface area contributed by atoms with Crippen LogP contribution in [-0.4, -0.2) is 85.2 Å². The van der Waals surface area contributed by atoms with Crippen LogP contribution < -0.4 is 5.32 Å². The lowest BCUT2D eigenvalue weighted by atomic mass is 10.1. The first kappa shape index (κ1) is 24.6. The van der Waals surface area contributed by atoms with Gasteiger partial charge in [-0.1, -0.05) is 0 Å². The van der Waals surface area contributed by atoms with Crippen LogP contribution >= 0.6 is 0 Å². The van der Waals surface area contributed by atoms with Crippen molar-refractivity contribution in [3.8, 4) is 0 Å². The Morgan fingerprint density at radius 2 is 1.65 bits per heavy atom. The molecule has 1 aromatic carbocycles. The summed E-state index contributed by atoms with van der Waals surface area (Å²) in [5.74, 6) is -0.143. The molecule has 184 valence electrons. The van der Waals surface area contributed by atoms with E-state index in [1.54, 1.807) is 0 Å². The summed E-state index contributed by atoms with van der Waals surface area (Å²) in [6.07, 6.45) is 0.586. The minimum Gasteiger partial charge on any atom is -0.344 e. The van der Waals surface area contributed by atoms with E-state index in [0.29, 0.717) is 50.4 Å². The third kappa shape index (κ3) is 5.73. The average Bonchev–Trinajstić information content (AvgIpc) is 3.28. The summed E-state index contributed by atoms with van der Waals surface area (Å²) in [7, 11) is -3.01. The number of benzene rings is 1. The van der Waals surface area contributed by atoms with Crippen LogP contribution in [0.25, 0.3) is 0 Å². The van der Waals surface area contributed by atoms with Gasteiger partial charge in [-0.25, -0.2) is 12.8 Å². The predicted octanol–water partition coefficient (Wildman–Crippen LogP) is 2.04. The molecule has 1 unspecified atom stereocenters. The molecule has 1 aromatic heterocycles. The van der Waals surface area contributed by atoms with E-state index in [-0.39, 0.29) is 41.6 Å². The van der Waals surface area contributed by atoms with Crippen molar-refractivity contribution in [1.82, 2.24) is 14.4 Å². The minimum atomic E-state index is -3.01. The van der Waals surface area contributed by atoms with E-state index >= 15 is 0 Å². The number of nitrogens with zero attached hydrogens (tertiary/aromatic N) is 3. The number of hydrogen-bond donors (Lipinski definition) is 1. The largest absolute Gasteiger partial charge is 0.344 e. The summed E-state index contributed by atoms with van der Waals surface area (Å²) in [6, 6.07) is 7.44. The summed E-state index contributed by atoms with van der Waals surface area (Å²) in [6.45, 7) is 7.04. The topological polar surface area (TPSA) is 91.7 Å². The van der Waals surface area contributed by atoms with Gasteiger partial charge in [-0.2, -0.15) is 0 Å². The third-order valence-electron chi connectivity index (χ3n) is 6.69. The first-order valence-electron chi connectivity index (χ1n) is 11.5. The number of piperazine rings is 1. The monoisotopic (exact) mass is 490 g/mol. The standard InChI is InChI=1S/C24H31FN4O4S/c1-17-13-22(18(2)29(17)21-7-12-34(32,33)16-21)23(30)14-27-8-10-28(11-9-27)15-24(31)26-20-5-3-19(25)4-6-20/h3-6,13,21H,7-12,14-16H2,1-2H3,(H,26,31). The Balaban J connectivity index is 1.28. The van der Waals surface area contributed by atoms with Crippen LogP contribution in [0.2, 0.25) is 0 Å². The van der Waals surface area contributed by atoms with Crippen LogP contribution in [-0.2, 0) is 14.6 Å². The summed E-state index contributed by atoms with van der Waals surface area (Å²) in [5.41, 5.74) is 2.96. The lowest BCUT2D eigenvalue weighted by Gasteiger charge is -2.33. The van der Waals surface area contributed by atoms with E-state index in [2.05, 4.69) is 10.2 Å². The number of aryl methyl sites for hydroxylation is 1. The Morgan fingerprint density at radius 3 is 2.24 bits per heavy atom. The van der Waals surface area contributed by atoms with E-state index in [9.17, 15) is 22.4 Å². The molecule has 0 spiro atoms. The molecule has 2 saturated heterocycles. The highest BCUT2D eigenvalue weighted by atomic mass is 32.2. The highest BCUT2D eigenvalue weighted by Crippen LogP contribution is 2.29. The quantitative estimate of drug-likeness (QED) is 0.598. The number of ketones is 1. The van der Waals surface area contributed by atoms with Crippen LogP contribution in [0, 0.1) is 19.7 Å². The number of carbonyl (C=O) groups is 2. The Hall–Kier alpha value is -2.56. The van der Waals surface area contributed by atoms with Crippen LogP contribution in [0.3, 0.4) is 0 Å². The van der Waals surface area contributed by atoms with Gasteiger partial charge in [0, 0.05) is 54.9 Å². The molecule has 34 heavy (non-hydrogen) atoms. The fraction of sp³-hybridized carbons (Fsp3) is 0.500. The summed E-state index contributed by atoms with van der Waals surface area (Å²) in [5, 5.41) is 2.77. The Bertz CT molecular complexity index is 1170. The highest BCUT2D eigenvalue weighted by molar-refractivity contribution is 7.91. The van der Waals surface area contributed by atoms with Crippen molar-refractivity contribution >= 4 is 27.2 Å². The van der Waals surface area contributed by atoms with Crippen LogP contribution in [0.15, 0.2) is 30.3 Å². The SMILES string of the molecule is Cc1cc(C(=O)CN2CCN(CC(=O)Nc3ccc(F)cc3)CC2)c(C)n1C1CCS(=O)(=O)C1. The van der Waals surface area contributed by atoms with Crippen molar-refractivity contribution in [2.45, 2.75) is 26.3 Å². The van der Waals surface area contributed by atoms with Gasteiger partial charge >= 0.3 is 0 Å². The number of halogens is 1. The first-order valence-corrected chi connectivity index (χ1v) is 13.4. The second-order valence-electron chi connectivity index (χ2n) is 9.24. The van der Waals surface area contributed by atoms with Gasteiger partial charge < -0.3 is 9.88 Å². The normalized spacial score (nSPS) is 21.0. The van der Waals surface area contributed by atoms with Gasteiger partial charge in [0.1, 0.15) is 5.82 Å². The maximum atomic E-state index is 13.1. The second kappa shape index (κ2) is 9.97. The molecule has 3 heterocycles. The molecule has 2 aliphatic rings. The summed E-state index contributed by atoms with van der Waals surface area (Å²) in [4.78, 5) is 29.4. The van der Waals surface area contributed by atoms with Crippen molar-refractivity contribution < 1.29 is 22.4 Å². The maximum absolute atomic E-state index is 13.1. The number of amides is 1. The fourth-order valence-corrected chi connectivity index (χ4v) is 6.63. The number of Topliss-reactive ketones (excluding diaryl/α,β-unsaturated/α-hetero) is 1. The number of anilines is 1. The molecule has 0 radical (unpaired) electrons. The number of aromatic nitrogens is 1. The molecule has 8 nitrogen and oxygen atoms in total. The zero-order chi connectivity index (χ0) is 24.5. The van der Waals surface area contributed by atoms with Gasteiger partial charge in [0.25, 0.3) is 0 Å². The Labute approximate surface area is 199 Å². The number of sulfone groups is 1. The zero-order valence-corrected chi connectivity index (χ0v) is 20.4. The van der Waals surface area contributed by atoms with Crippen molar-refractivity contribution in [3.05, 3.63) is 53.1 Å². The molecule has 1 amide bonds. The van der Waals surface area contributed by atoms with Crippen molar-refractivity contribution in [2.75, 3.05) is 56.1 Å². The minimum absolute atomic E-state index is 0.0303. The van der Waals surface area contributed by atoms with E-state index in [1.165, 1.54) is 24.3 Å². The van der Waals surface area contributed by atoms with E-state index in [4.69, 9.17) is 0 Å². The molecule has 4 rings (SSSR count). The smallest absolute Gasteiger partial charge is 0.238 e. The predicted molar refractivity (Wildman–Crippen MR) is 128 cm³/mol. The third-order valence-corrected chi connectivity index (χ3v) is 8.44. The van der Waals surface area contributed by atoms with E-state index < -0.39 is 9.84 Å². The van der Waals surface area contributed by atoms with Gasteiger partial charge in [-0.05, 0) is 50.6 Å². The summed E-state index contributed by atoms with van der Waals surface area (Å²) >= 11 is 0. The number of nitrogens with one attached hydrogen (secondary N) is 1. The van der Waals surface area contributed by atoms with Crippen LogP contribution in [0.1, 0.15) is 34.2 Å². The molecule has 0 aliphatic carbocycles. The lowest BCUT2D eigenvalue weighted by Crippen LogP contribution is -2.49. The van der Waals surface area contributed by atoms with Crippen molar-refractivity contribution in [1.29, 1.82) is 0 Å². The lowest BCUT2D eigenvalue weighted by molar-refractivity contribution is -0.117. The van der Waals surface area contributed by atoms with Gasteiger partial charge in [-0.15, -0.1) is 0 Å². The highest BCUT2D eigenvalue weighted by Gasteiger charge is 2.32. The summed E-state index contributed by atoms with van der Waals surface area (Å²) < 4.78 is 38.8. The molecular weight excluding hydrogens is 459 g/mol. The Kier molecular flexibility index (Phi) is 7.20. The molecule has 2 aromatic rings. The molecule has 1 N–H and O–H groups in total. The molecule has 1 atom stereocenters. The van der Waals surface area contributed by atoms with Gasteiger partial charge in [0.2, 0.25) is 5.91 Å². The van der Waals surface area contributed by atoms with Gasteiger partial charge in [0.05, 0.1) is 24.6 Å². The second-order valence-corrected chi connectivity index (χ2v) is 11.5. The van der Waals surface area contributed by atoms with Gasteiger partial charge in [0.15, 0.2) is 15.6 Å². The number of hydrogen-bond acceptors (Lipinski definition) is 6. The molecule has 0 saturated carbocycles. The van der Waals surface area contributed by atoms with E-state index in [0.717, 1.165) is 11.4 Å². The van der Waals surface area contributed by atoms with Gasteiger partial charge in [-0.3, -0.25) is 19.4 Å². The number of carbonyl (C=O) groups excluding carboxylic acids is 2. The maximum Gasteiger partial charge on any atom is 0.238 e. The first-order chi connectivity index (χ1) is 16.1. The van der Waals surface area contributed by atoms with Crippen LogP contribution in [0.4, 0.5) is 10.1 Å².